The number of hydrogen-bond donors (Lipinski definition) is 1. The molecule has 1 amide bonds. The van der Waals surface area contributed by atoms with E-state index in [2.05, 4.69) is 9.97 Å². The van der Waals surface area contributed by atoms with Crippen LogP contribution in [0.1, 0.15) is 27.7 Å². The molecule has 2 aromatic heterocycles. The largest absolute Gasteiger partial charge is 0.431 e. The average Bonchev–Trinajstić information content (AvgIpc) is 3.52. The van der Waals surface area contributed by atoms with Crippen molar-refractivity contribution in [1.82, 2.24) is 14.9 Å². The summed E-state index contributed by atoms with van der Waals surface area (Å²) in [6, 6.07) is 19.3. The van der Waals surface area contributed by atoms with E-state index in [0.717, 1.165) is 27.7 Å². The van der Waals surface area contributed by atoms with Crippen LogP contribution in [0.2, 0.25) is 10.0 Å². The fraction of sp³-hybridized carbons (Fsp3) is 0.172. The minimum atomic E-state index is -3.17. The number of H-pyrrole nitrogens is 1. The molecule has 210 valence electrons. The number of nitrogens with zero attached hydrogens (tertiary/aromatic N) is 2. The Bertz CT molecular complexity index is 1850. The Kier molecular flexibility index (Phi) is 7.41. The molecule has 0 saturated carbocycles. The van der Waals surface area contributed by atoms with Gasteiger partial charge in [0.05, 0.1) is 5.75 Å². The Labute approximate surface area is 250 Å². The van der Waals surface area contributed by atoms with Crippen LogP contribution < -0.4 is 9.47 Å². The van der Waals surface area contributed by atoms with Gasteiger partial charge in [-0.3, -0.25) is 4.90 Å². The third kappa shape index (κ3) is 6.06. The molecule has 1 atom stereocenters. The number of aromatic nitrogens is 2. The predicted molar refractivity (Wildman–Crippen MR) is 160 cm³/mol. The van der Waals surface area contributed by atoms with Crippen LogP contribution in [-0.4, -0.2) is 42.2 Å². The SMILES string of the molecule is CS(=O)(=O)Cc1cnc(Oc2ccc([C@H]3c4[nH]c5ccc(Cl)cc5c4CCN3C(=O)Oc3ccc(Cl)cc3)cc2)s1. The van der Waals surface area contributed by atoms with Gasteiger partial charge in [0.2, 0.25) is 0 Å². The summed E-state index contributed by atoms with van der Waals surface area (Å²) in [6.45, 7) is 0.435. The summed E-state index contributed by atoms with van der Waals surface area (Å²) in [5.41, 5.74) is 3.77. The predicted octanol–water partition coefficient (Wildman–Crippen LogP) is 7.41. The number of hydrogen-bond acceptors (Lipinski definition) is 7. The highest BCUT2D eigenvalue weighted by Crippen LogP contribution is 2.40. The van der Waals surface area contributed by atoms with Crippen LogP contribution in [0.3, 0.4) is 0 Å². The molecule has 0 radical (unpaired) electrons. The summed E-state index contributed by atoms with van der Waals surface area (Å²) in [4.78, 5) is 23.5. The van der Waals surface area contributed by atoms with Crippen molar-refractivity contribution in [2.75, 3.05) is 12.8 Å². The first kappa shape index (κ1) is 27.6. The highest BCUT2D eigenvalue weighted by Gasteiger charge is 2.36. The molecule has 1 aliphatic rings. The lowest BCUT2D eigenvalue weighted by molar-refractivity contribution is 0.135. The number of amides is 1. The van der Waals surface area contributed by atoms with Crippen LogP contribution in [0.25, 0.3) is 10.9 Å². The number of rotatable bonds is 6. The van der Waals surface area contributed by atoms with E-state index in [-0.39, 0.29) is 5.75 Å². The third-order valence-corrected chi connectivity index (χ3v) is 9.06. The van der Waals surface area contributed by atoms with Gasteiger partial charge in [-0.2, -0.15) is 0 Å². The highest BCUT2D eigenvalue weighted by atomic mass is 35.5. The molecular weight excluding hydrogens is 605 g/mol. The zero-order valence-corrected chi connectivity index (χ0v) is 24.8. The van der Waals surface area contributed by atoms with Crippen LogP contribution in [0, 0.1) is 0 Å². The van der Waals surface area contributed by atoms with Crippen LogP contribution >= 0.6 is 34.5 Å². The fourth-order valence-electron chi connectivity index (χ4n) is 4.95. The van der Waals surface area contributed by atoms with Crippen molar-refractivity contribution in [2.24, 2.45) is 0 Å². The Morgan fingerprint density at radius 1 is 1.05 bits per heavy atom. The highest BCUT2D eigenvalue weighted by molar-refractivity contribution is 7.90. The maximum absolute atomic E-state index is 13.5. The number of ether oxygens (including phenoxy) is 2. The second kappa shape index (κ2) is 11.0. The van der Waals surface area contributed by atoms with Gasteiger partial charge in [-0.15, -0.1) is 0 Å². The molecule has 0 bridgehead atoms. The third-order valence-electron chi connectivity index (χ3n) is 6.68. The lowest BCUT2D eigenvalue weighted by Crippen LogP contribution is -2.42. The number of nitrogens with one attached hydrogen (secondary N) is 1. The summed E-state index contributed by atoms with van der Waals surface area (Å²) < 4.78 is 34.8. The lowest BCUT2D eigenvalue weighted by atomic mass is 9.92. The van der Waals surface area contributed by atoms with Crippen molar-refractivity contribution in [2.45, 2.75) is 18.2 Å². The number of sulfone groups is 1. The molecule has 3 heterocycles. The molecule has 0 fully saturated rings. The molecule has 41 heavy (non-hydrogen) atoms. The molecule has 8 nitrogen and oxygen atoms in total. The zero-order valence-electron chi connectivity index (χ0n) is 21.6. The van der Waals surface area contributed by atoms with Crippen molar-refractivity contribution in [1.29, 1.82) is 0 Å². The van der Waals surface area contributed by atoms with Gasteiger partial charge in [0.15, 0.2) is 9.84 Å². The molecule has 1 N–H and O–H groups in total. The number of aromatic amines is 1. The van der Waals surface area contributed by atoms with Crippen LogP contribution in [0.5, 0.6) is 16.7 Å². The number of carbonyl (C=O) groups is 1. The molecule has 12 heteroatoms. The van der Waals surface area contributed by atoms with E-state index in [1.54, 1.807) is 41.3 Å². The molecule has 0 aliphatic carbocycles. The number of fused-ring (bicyclic) bond motifs is 3. The maximum Gasteiger partial charge on any atom is 0.416 e. The fourth-order valence-corrected chi connectivity index (χ4v) is 7.29. The Morgan fingerprint density at radius 3 is 2.49 bits per heavy atom. The van der Waals surface area contributed by atoms with E-state index < -0.39 is 22.0 Å². The summed E-state index contributed by atoms with van der Waals surface area (Å²) in [5, 5.41) is 2.56. The van der Waals surface area contributed by atoms with E-state index in [0.29, 0.717) is 44.6 Å². The number of benzene rings is 3. The normalized spacial score (nSPS) is 15.1. The molecular formula is C29H23Cl2N3O5S2. The first-order valence-corrected chi connectivity index (χ1v) is 16.2. The number of halogens is 2. The second-order valence-electron chi connectivity index (χ2n) is 9.71. The monoisotopic (exact) mass is 627 g/mol. The second-order valence-corrected chi connectivity index (χ2v) is 13.8. The van der Waals surface area contributed by atoms with E-state index in [1.807, 2.05) is 30.3 Å². The first-order chi connectivity index (χ1) is 19.6. The van der Waals surface area contributed by atoms with Gasteiger partial charge in [-0.1, -0.05) is 46.7 Å². The quantitative estimate of drug-likeness (QED) is 0.210. The summed E-state index contributed by atoms with van der Waals surface area (Å²) >= 11 is 13.5. The van der Waals surface area contributed by atoms with Crippen molar-refractivity contribution in [3.63, 3.8) is 0 Å². The first-order valence-electron chi connectivity index (χ1n) is 12.6. The van der Waals surface area contributed by atoms with Crippen LogP contribution in [-0.2, 0) is 22.0 Å². The van der Waals surface area contributed by atoms with Crippen molar-refractivity contribution in [3.05, 3.63) is 105 Å². The number of carbonyl (C=O) groups excluding carboxylic acids is 1. The average molecular weight is 629 g/mol. The summed E-state index contributed by atoms with van der Waals surface area (Å²) in [5.74, 6) is 0.841. The minimum absolute atomic E-state index is 0.0886. The molecule has 0 saturated heterocycles. The summed E-state index contributed by atoms with van der Waals surface area (Å²) in [6.07, 6.45) is 2.83. The molecule has 5 aromatic rings. The van der Waals surface area contributed by atoms with Gasteiger partial charge in [0.25, 0.3) is 5.19 Å². The molecule has 3 aromatic carbocycles. The lowest BCUT2D eigenvalue weighted by Gasteiger charge is -2.35. The smallest absolute Gasteiger partial charge is 0.416 e. The van der Waals surface area contributed by atoms with Crippen molar-refractivity contribution >= 4 is 61.4 Å². The standard InChI is InChI=1S/C29H23Cl2N3O5S2/c1-41(36,37)16-22-15-32-28(40-22)38-20-7-2-17(3-8-20)27-26-23(24-14-19(31)6-11-25(24)33-26)12-13-34(27)29(35)39-21-9-4-18(30)5-10-21/h2-11,14-15,27,33H,12-13,16H2,1H3/t27-/m0/s1. The van der Waals surface area contributed by atoms with E-state index in [9.17, 15) is 13.2 Å². The summed E-state index contributed by atoms with van der Waals surface area (Å²) in [7, 11) is -3.17. The van der Waals surface area contributed by atoms with Gasteiger partial charge in [-0.25, -0.2) is 18.2 Å². The van der Waals surface area contributed by atoms with E-state index >= 15 is 0 Å². The van der Waals surface area contributed by atoms with Gasteiger partial charge < -0.3 is 14.5 Å². The van der Waals surface area contributed by atoms with E-state index in [1.165, 1.54) is 23.8 Å². The van der Waals surface area contributed by atoms with Gasteiger partial charge >= 0.3 is 6.09 Å². The van der Waals surface area contributed by atoms with Crippen LogP contribution in [0.4, 0.5) is 4.79 Å². The van der Waals surface area contributed by atoms with Gasteiger partial charge in [0.1, 0.15) is 17.5 Å². The van der Waals surface area contributed by atoms with Crippen molar-refractivity contribution < 1.29 is 22.7 Å². The Balaban J connectivity index is 1.31. The van der Waals surface area contributed by atoms with Crippen LogP contribution in [0.15, 0.2) is 72.9 Å². The molecule has 0 unspecified atom stereocenters. The van der Waals surface area contributed by atoms with E-state index in [4.69, 9.17) is 32.7 Å². The topological polar surface area (TPSA) is 102 Å². The molecule has 6 rings (SSSR count). The minimum Gasteiger partial charge on any atom is -0.431 e. The van der Waals surface area contributed by atoms with Gasteiger partial charge in [0, 0.05) is 50.5 Å². The maximum atomic E-state index is 13.5. The Hall–Kier alpha value is -3.57. The van der Waals surface area contributed by atoms with Crippen molar-refractivity contribution in [3.8, 4) is 16.7 Å². The Morgan fingerprint density at radius 2 is 1.76 bits per heavy atom. The van der Waals surface area contributed by atoms with Gasteiger partial charge in [-0.05, 0) is 72.1 Å². The zero-order chi connectivity index (χ0) is 28.7. The molecule has 1 aliphatic heterocycles. The number of thiazole rings is 1. The molecule has 0 spiro atoms.